The van der Waals surface area contributed by atoms with E-state index in [2.05, 4.69) is 10.6 Å². The number of amides is 2. The van der Waals surface area contributed by atoms with Crippen LogP contribution in [0, 0.1) is 5.92 Å². The van der Waals surface area contributed by atoms with E-state index in [0.29, 0.717) is 6.61 Å². The molecule has 0 spiro atoms. The molecule has 8 nitrogen and oxygen atoms in total. The first-order valence-corrected chi connectivity index (χ1v) is 8.92. The van der Waals surface area contributed by atoms with Gasteiger partial charge in [0.05, 0.1) is 25.1 Å². The Bertz CT molecular complexity index is 642. The average Bonchev–Trinajstić information content (AvgIpc) is 2.67. The van der Waals surface area contributed by atoms with Crippen molar-refractivity contribution in [2.24, 2.45) is 11.6 Å². The molecule has 0 radical (unpaired) electrons. The number of carboxylic acids is 1. The summed E-state index contributed by atoms with van der Waals surface area (Å²) in [5.74, 6) is -2.58. The Morgan fingerprint density at radius 3 is 2.37 bits per heavy atom. The van der Waals surface area contributed by atoms with Crippen LogP contribution >= 0.6 is 0 Å². The Kier molecular flexibility index (Phi) is 8.73. The number of carbonyl (C=O) groups is 3. The van der Waals surface area contributed by atoms with Gasteiger partial charge in [-0.15, -0.1) is 0 Å². The number of carbonyl (C=O) groups excluding carboxylic acids is 2. The van der Waals surface area contributed by atoms with Crippen molar-refractivity contribution in [1.29, 1.82) is 0 Å². The van der Waals surface area contributed by atoms with Crippen molar-refractivity contribution in [3.05, 3.63) is 35.9 Å². The highest BCUT2D eigenvalue weighted by Gasteiger charge is 2.29. The summed E-state index contributed by atoms with van der Waals surface area (Å²) < 4.78 is 12.6. The number of nitrogens with one attached hydrogen (secondary N) is 2. The fraction of sp³-hybridized carbons (Fsp3) is 0.526. The Hall–Kier alpha value is -2.45. The van der Waals surface area contributed by atoms with Gasteiger partial charge in [0.15, 0.2) is 0 Å². The zero-order valence-corrected chi connectivity index (χ0v) is 15.9. The molecule has 0 fully saturated rings. The van der Waals surface area contributed by atoms with Crippen molar-refractivity contribution in [3.63, 3.8) is 0 Å². The summed E-state index contributed by atoms with van der Waals surface area (Å²) in [4.78, 5) is 36.0. The lowest BCUT2D eigenvalue weighted by Gasteiger charge is -2.26. The first-order valence-electron chi connectivity index (χ1n) is 9.42. The highest BCUT2D eigenvalue weighted by atomic mass is 16.5. The number of ether oxygens (including phenoxy) is 1. The molecule has 0 aliphatic heterocycles. The summed E-state index contributed by atoms with van der Waals surface area (Å²) >= 11 is 0. The number of hydrogen-bond acceptors (Lipinski definition) is 5. The summed E-state index contributed by atoms with van der Waals surface area (Å²) in [7, 11) is 0. The van der Waals surface area contributed by atoms with Gasteiger partial charge in [-0.2, -0.15) is 0 Å². The molecule has 0 aliphatic rings. The van der Waals surface area contributed by atoms with Gasteiger partial charge in [0, 0.05) is 6.61 Å². The van der Waals surface area contributed by atoms with E-state index in [4.69, 9.17) is 11.3 Å². The van der Waals surface area contributed by atoms with Crippen LogP contribution in [0.3, 0.4) is 0 Å². The van der Waals surface area contributed by atoms with Gasteiger partial charge >= 0.3 is 5.97 Å². The number of aliphatic carboxylic acids is 1. The zero-order chi connectivity index (χ0) is 21.1. The van der Waals surface area contributed by atoms with E-state index >= 15 is 0 Å². The molecule has 0 aliphatic carbocycles. The van der Waals surface area contributed by atoms with E-state index < -0.39 is 42.3 Å². The second kappa shape index (κ2) is 11.3. The highest BCUT2D eigenvalue weighted by molar-refractivity contribution is 5.91. The molecule has 0 aromatic heterocycles. The molecule has 1 aromatic rings. The molecule has 8 heteroatoms. The molecule has 150 valence electrons. The molecule has 5 N–H and O–H groups in total. The lowest BCUT2D eigenvalue weighted by Crippen LogP contribution is -2.54. The van der Waals surface area contributed by atoms with Crippen LogP contribution in [0.25, 0.3) is 0 Å². The van der Waals surface area contributed by atoms with Crippen LogP contribution in [-0.2, 0) is 19.1 Å². The summed E-state index contributed by atoms with van der Waals surface area (Å²) in [6.07, 6.45) is -0.557. The molecule has 27 heavy (non-hydrogen) atoms. The van der Waals surface area contributed by atoms with Crippen molar-refractivity contribution in [3.8, 4) is 0 Å². The number of nitrogens with two attached hydrogens (primary N) is 1. The van der Waals surface area contributed by atoms with E-state index in [1.165, 1.54) is 0 Å². The van der Waals surface area contributed by atoms with Crippen LogP contribution in [0.5, 0.6) is 0 Å². The molecule has 0 unspecified atom stereocenters. The maximum Gasteiger partial charge on any atom is 0.305 e. The zero-order valence-electron chi connectivity index (χ0n) is 16.9. The average molecular weight is 380 g/mol. The van der Waals surface area contributed by atoms with E-state index in [1.807, 2.05) is 43.0 Å². The standard InChI is InChI=1S/C19H29N3O5/c1-4-27-11-15(13-8-6-5-7-9-13)21-19(26)17(12(2)3)22-18(25)14(20)10-16(23)24/h5-9,12,14-15,17H,4,10-11,20H2,1-3H3,(H,21,26)(H,22,25)(H,23,24)/t14-,15-,17-/m0/s1/i/hD. The normalized spacial score (nSPS) is 14.7. The Morgan fingerprint density at radius 1 is 1.19 bits per heavy atom. The van der Waals surface area contributed by atoms with Gasteiger partial charge in [0.1, 0.15) is 7.45 Å². The summed E-state index contributed by atoms with van der Waals surface area (Å²) in [5, 5.41) is 14.3. The number of benzene rings is 1. The smallest absolute Gasteiger partial charge is 0.305 e. The van der Waals surface area contributed by atoms with Crippen LogP contribution in [-0.4, -0.2) is 48.2 Å². The van der Waals surface area contributed by atoms with Crippen LogP contribution < -0.4 is 16.4 Å². The van der Waals surface area contributed by atoms with Crippen LogP contribution in [0.15, 0.2) is 30.3 Å². The Labute approximate surface area is 160 Å². The first-order chi connectivity index (χ1) is 13.3. The van der Waals surface area contributed by atoms with Crippen LogP contribution in [0.4, 0.5) is 0 Å². The number of carboxylic acid groups (broad SMARTS) is 1. The molecular weight excluding hydrogens is 350 g/mol. The number of hydrogen-bond donors (Lipinski definition) is 4. The van der Waals surface area contributed by atoms with Gasteiger partial charge in [-0.25, -0.2) is 0 Å². The third-order valence-electron chi connectivity index (χ3n) is 3.95. The lowest BCUT2D eigenvalue weighted by atomic mass is 10.0. The van der Waals surface area contributed by atoms with Gasteiger partial charge in [-0.3, -0.25) is 14.4 Å². The quantitative estimate of drug-likeness (QED) is 0.425. The van der Waals surface area contributed by atoms with E-state index in [1.54, 1.807) is 13.8 Å². The third-order valence-corrected chi connectivity index (χ3v) is 3.95. The van der Waals surface area contributed by atoms with Crippen molar-refractivity contribution >= 4 is 17.8 Å². The first kappa shape index (κ1) is 20.9. The van der Waals surface area contributed by atoms with E-state index in [9.17, 15) is 14.4 Å². The monoisotopic (exact) mass is 380 g/mol. The Morgan fingerprint density at radius 2 is 1.85 bits per heavy atom. The van der Waals surface area contributed by atoms with Crippen LogP contribution in [0.1, 0.15) is 38.8 Å². The maximum atomic E-state index is 12.8. The molecule has 0 saturated carbocycles. The van der Waals surface area contributed by atoms with Crippen molar-refractivity contribution in [2.45, 2.75) is 45.3 Å². The van der Waals surface area contributed by atoms with Gasteiger partial charge in [-0.05, 0) is 18.4 Å². The molecule has 3 atom stereocenters. The summed E-state index contributed by atoms with van der Waals surface area (Å²) in [6, 6.07) is 6.81. The fourth-order valence-corrected chi connectivity index (χ4v) is 2.46. The minimum Gasteiger partial charge on any atom is -0.481 e. The van der Waals surface area contributed by atoms with Crippen molar-refractivity contribution in [2.75, 3.05) is 13.2 Å². The van der Waals surface area contributed by atoms with Crippen molar-refractivity contribution < 1.29 is 25.6 Å². The second-order valence-corrected chi connectivity index (χ2v) is 6.51. The van der Waals surface area contributed by atoms with E-state index in [0.717, 1.165) is 5.56 Å². The van der Waals surface area contributed by atoms with Crippen molar-refractivity contribution in [1.82, 2.24) is 10.6 Å². The summed E-state index contributed by atoms with van der Waals surface area (Å²) in [5.41, 5.74) is 2.79. The Balaban J connectivity index is 2.89. The van der Waals surface area contributed by atoms with Gasteiger partial charge in [0.25, 0.3) is 0 Å². The molecule has 1 aromatic carbocycles. The minimum atomic E-state index is -1.25. The predicted molar refractivity (Wildman–Crippen MR) is 101 cm³/mol. The molecule has 2 amide bonds. The maximum absolute atomic E-state index is 12.8. The highest BCUT2D eigenvalue weighted by Crippen LogP contribution is 2.14. The van der Waals surface area contributed by atoms with Gasteiger partial charge in [-0.1, -0.05) is 44.2 Å². The van der Waals surface area contributed by atoms with Crippen LogP contribution in [0.2, 0.25) is 1.41 Å². The SMILES string of the molecule is [2H]N[C@@H](CC(=O)O)C(=O)N[C@H](C(=O)N[C@@H](COCC)c1ccccc1)C(C)C. The molecular formula is C19H29N3O5. The molecule has 0 bridgehead atoms. The molecule has 0 heterocycles. The minimum absolute atomic E-state index is 0.247. The van der Waals surface area contributed by atoms with E-state index in [-0.39, 0.29) is 12.5 Å². The second-order valence-electron chi connectivity index (χ2n) is 6.51. The van der Waals surface area contributed by atoms with Gasteiger partial charge < -0.3 is 26.2 Å². The summed E-state index contributed by atoms with van der Waals surface area (Å²) in [6.45, 7) is 6.17. The molecule has 1 rings (SSSR count). The predicted octanol–water partition coefficient (Wildman–Crippen LogP) is 0.823. The number of rotatable bonds is 12. The van der Waals surface area contributed by atoms with Gasteiger partial charge in [0.2, 0.25) is 11.8 Å². The third kappa shape index (κ3) is 7.76. The topological polar surface area (TPSA) is 131 Å². The lowest BCUT2D eigenvalue weighted by molar-refractivity contribution is -0.139. The largest absolute Gasteiger partial charge is 0.481 e. The molecule has 0 saturated heterocycles. The fourth-order valence-electron chi connectivity index (χ4n) is 2.46.